The SMILES string of the molecule is C#CCCCCCCCCCCC1=CC(C)OC1=O. The summed E-state index contributed by atoms with van der Waals surface area (Å²) in [6.07, 6.45) is 18.9. The van der Waals surface area contributed by atoms with E-state index in [1.807, 2.05) is 13.0 Å². The molecule has 0 amide bonds. The number of carbonyl (C=O) groups is 1. The third-order valence-corrected chi connectivity index (χ3v) is 3.51. The molecule has 0 saturated carbocycles. The first-order chi connectivity index (χ1) is 9.24. The Labute approximate surface area is 117 Å². The minimum absolute atomic E-state index is 0.0227. The van der Waals surface area contributed by atoms with Crippen LogP contribution in [-0.4, -0.2) is 12.1 Å². The second-order valence-corrected chi connectivity index (χ2v) is 5.33. The Morgan fingerprint density at radius 1 is 1.11 bits per heavy atom. The molecule has 0 fully saturated rings. The zero-order valence-electron chi connectivity index (χ0n) is 12.1. The summed E-state index contributed by atoms with van der Waals surface area (Å²) in [5.74, 6) is 2.57. The Morgan fingerprint density at radius 2 is 1.68 bits per heavy atom. The summed E-state index contributed by atoms with van der Waals surface area (Å²) in [5.41, 5.74) is 0.877. The van der Waals surface area contributed by atoms with Crippen molar-refractivity contribution in [1.29, 1.82) is 0 Å². The van der Waals surface area contributed by atoms with Crippen LogP contribution < -0.4 is 0 Å². The van der Waals surface area contributed by atoms with Crippen LogP contribution in [0.25, 0.3) is 0 Å². The number of unbranched alkanes of at least 4 members (excludes halogenated alkanes) is 8. The number of cyclic esters (lactones) is 1. The molecule has 0 aromatic heterocycles. The lowest BCUT2D eigenvalue weighted by Gasteiger charge is -2.02. The quantitative estimate of drug-likeness (QED) is 0.331. The Hall–Kier alpha value is -1.23. The molecule has 0 spiro atoms. The maximum Gasteiger partial charge on any atom is 0.334 e. The second kappa shape index (κ2) is 9.67. The van der Waals surface area contributed by atoms with Gasteiger partial charge in [-0.2, -0.15) is 0 Å². The van der Waals surface area contributed by atoms with Crippen LogP contribution in [0.2, 0.25) is 0 Å². The van der Waals surface area contributed by atoms with Gasteiger partial charge in [-0.3, -0.25) is 0 Å². The monoisotopic (exact) mass is 262 g/mol. The first-order valence-corrected chi connectivity index (χ1v) is 7.59. The maximum atomic E-state index is 11.4. The summed E-state index contributed by atoms with van der Waals surface area (Å²) in [5, 5.41) is 0. The zero-order chi connectivity index (χ0) is 13.9. The van der Waals surface area contributed by atoms with Gasteiger partial charge in [-0.15, -0.1) is 12.3 Å². The molecule has 1 rings (SSSR count). The Kier molecular flexibility index (Phi) is 8.05. The third kappa shape index (κ3) is 7.06. The molecule has 0 saturated heterocycles. The van der Waals surface area contributed by atoms with Gasteiger partial charge in [0.25, 0.3) is 0 Å². The predicted molar refractivity (Wildman–Crippen MR) is 78.6 cm³/mol. The zero-order valence-corrected chi connectivity index (χ0v) is 12.1. The van der Waals surface area contributed by atoms with Gasteiger partial charge < -0.3 is 4.74 Å². The van der Waals surface area contributed by atoms with Crippen molar-refractivity contribution >= 4 is 5.97 Å². The number of rotatable bonds is 10. The van der Waals surface area contributed by atoms with E-state index >= 15 is 0 Å². The van der Waals surface area contributed by atoms with Crippen LogP contribution in [0.5, 0.6) is 0 Å². The van der Waals surface area contributed by atoms with E-state index in [4.69, 9.17) is 11.2 Å². The van der Waals surface area contributed by atoms with E-state index in [9.17, 15) is 4.79 Å². The summed E-state index contributed by atoms with van der Waals surface area (Å²) in [6, 6.07) is 0. The van der Waals surface area contributed by atoms with Crippen LogP contribution in [0, 0.1) is 12.3 Å². The molecule has 0 bridgehead atoms. The van der Waals surface area contributed by atoms with Gasteiger partial charge in [0, 0.05) is 12.0 Å². The smallest absolute Gasteiger partial charge is 0.334 e. The van der Waals surface area contributed by atoms with Gasteiger partial charge in [-0.05, 0) is 32.3 Å². The topological polar surface area (TPSA) is 26.3 Å². The van der Waals surface area contributed by atoms with E-state index in [1.54, 1.807) is 0 Å². The summed E-state index contributed by atoms with van der Waals surface area (Å²) < 4.78 is 5.07. The highest BCUT2D eigenvalue weighted by atomic mass is 16.5. The Morgan fingerprint density at radius 3 is 2.21 bits per heavy atom. The number of hydrogen-bond acceptors (Lipinski definition) is 2. The largest absolute Gasteiger partial charge is 0.455 e. The van der Waals surface area contributed by atoms with Gasteiger partial charge in [0.2, 0.25) is 0 Å². The van der Waals surface area contributed by atoms with Crippen molar-refractivity contribution in [2.24, 2.45) is 0 Å². The van der Waals surface area contributed by atoms with E-state index in [2.05, 4.69) is 5.92 Å². The molecule has 1 atom stereocenters. The van der Waals surface area contributed by atoms with Crippen LogP contribution in [0.3, 0.4) is 0 Å². The van der Waals surface area contributed by atoms with E-state index in [0.717, 1.165) is 24.8 Å². The van der Waals surface area contributed by atoms with E-state index in [0.29, 0.717) is 0 Å². The minimum atomic E-state index is -0.110. The molecule has 2 nitrogen and oxygen atoms in total. The highest BCUT2D eigenvalue weighted by Crippen LogP contribution is 2.19. The van der Waals surface area contributed by atoms with E-state index in [-0.39, 0.29) is 12.1 Å². The lowest BCUT2D eigenvalue weighted by molar-refractivity contribution is -0.139. The van der Waals surface area contributed by atoms with Gasteiger partial charge in [-0.1, -0.05) is 38.5 Å². The highest BCUT2D eigenvalue weighted by Gasteiger charge is 2.20. The third-order valence-electron chi connectivity index (χ3n) is 3.51. The molecule has 0 N–H and O–H groups in total. The van der Waals surface area contributed by atoms with Crippen LogP contribution in [-0.2, 0) is 9.53 Å². The van der Waals surface area contributed by atoms with E-state index < -0.39 is 0 Å². The highest BCUT2D eigenvalue weighted by molar-refractivity contribution is 5.90. The van der Waals surface area contributed by atoms with Crippen molar-refractivity contribution in [2.45, 2.75) is 77.2 Å². The number of terminal acetylenes is 1. The second-order valence-electron chi connectivity index (χ2n) is 5.33. The Bertz CT molecular complexity index is 336. The van der Waals surface area contributed by atoms with Crippen molar-refractivity contribution in [3.8, 4) is 12.3 Å². The van der Waals surface area contributed by atoms with Crippen molar-refractivity contribution in [1.82, 2.24) is 0 Å². The molecule has 1 heterocycles. The molecule has 0 aliphatic carbocycles. The number of esters is 1. The summed E-state index contributed by atoms with van der Waals surface area (Å²) in [7, 11) is 0. The van der Waals surface area contributed by atoms with Gasteiger partial charge in [0.15, 0.2) is 0 Å². The Balaban J connectivity index is 1.88. The first kappa shape index (κ1) is 15.8. The molecule has 0 aromatic rings. The normalized spacial score (nSPS) is 18.0. The van der Waals surface area contributed by atoms with Gasteiger partial charge >= 0.3 is 5.97 Å². The lowest BCUT2D eigenvalue weighted by Crippen LogP contribution is -2.03. The maximum absolute atomic E-state index is 11.4. The summed E-state index contributed by atoms with van der Waals surface area (Å²) in [6.45, 7) is 1.91. The van der Waals surface area contributed by atoms with Gasteiger partial charge in [-0.25, -0.2) is 4.79 Å². The standard InChI is InChI=1S/C17H26O2/c1-3-4-5-6-7-8-9-10-11-12-13-16-14-15(2)19-17(16)18/h1,14-15H,4-13H2,2H3. The van der Waals surface area contributed by atoms with Gasteiger partial charge in [0.05, 0.1) is 0 Å². The number of ether oxygens (including phenoxy) is 1. The molecule has 1 aliphatic heterocycles. The molecular weight excluding hydrogens is 236 g/mol. The molecule has 19 heavy (non-hydrogen) atoms. The minimum Gasteiger partial charge on any atom is -0.455 e. The first-order valence-electron chi connectivity index (χ1n) is 7.59. The number of carbonyl (C=O) groups excluding carboxylic acids is 1. The summed E-state index contributed by atoms with van der Waals surface area (Å²) >= 11 is 0. The number of hydrogen-bond donors (Lipinski definition) is 0. The molecule has 0 aromatic carbocycles. The molecule has 106 valence electrons. The fraction of sp³-hybridized carbons (Fsp3) is 0.706. The van der Waals surface area contributed by atoms with Crippen LogP contribution in [0.15, 0.2) is 11.6 Å². The van der Waals surface area contributed by atoms with Crippen molar-refractivity contribution in [2.75, 3.05) is 0 Å². The van der Waals surface area contributed by atoms with Crippen LogP contribution in [0.1, 0.15) is 71.1 Å². The molecule has 1 unspecified atom stereocenters. The molecule has 1 aliphatic rings. The molecule has 0 radical (unpaired) electrons. The van der Waals surface area contributed by atoms with Crippen molar-refractivity contribution < 1.29 is 9.53 Å². The van der Waals surface area contributed by atoms with E-state index in [1.165, 1.54) is 44.9 Å². The average molecular weight is 262 g/mol. The fourth-order valence-electron chi connectivity index (χ4n) is 2.42. The lowest BCUT2D eigenvalue weighted by atomic mass is 10.0. The van der Waals surface area contributed by atoms with Crippen molar-refractivity contribution in [3.63, 3.8) is 0 Å². The van der Waals surface area contributed by atoms with Crippen molar-refractivity contribution in [3.05, 3.63) is 11.6 Å². The predicted octanol–water partition coefficient (Wildman–Crippen LogP) is 4.39. The summed E-state index contributed by atoms with van der Waals surface area (Å²) in [4.78, 5) is 11.4. The molecular formula is C17H26O2. The average Bonchev–Trinajstić information content (AvgIpc) is 2.70. The fourth-order valence-corrected chi connectivity index (χ4v) is 2.42. The van der Waals surface area contributed by atoms with Gasteiger partial charge in [0.1, 0.15) is 6.10 Å². The molecule has 2 heteroatoms. The van der Waals surface area contributed by atoms with Crippen LogP contribution in [0.4, 0.5) is 0 Å². The van der Waals surface area contributed by atoms with Crippen LogP contribution >= 0.6 is 0 Å².